The van der Waals surface area contributed by atoms with Gasteiger partial charge in [-0.3, -0.25) is 0 Å². The Labute approximate surface area is 150 Å². The number of aromatic nitrogens is 2. The minimum absolute atomic E-state index is 0.347. The van der Waals surface area contributed by atoms with E-state index in [-0.39, 0.29) is 0 Å². The highest BCUT2D eigenvalue weighted by Gasteiger charge is 2.40. The Morgan fingerprint density at radius 1 is 1.04 bits per heavy atom. The maximum Gasteiger partial charge on any atom is 0.229 e. The number of hydrogen-bond acceptors (Lipinski definition) is 6. The van der Waals surface area contributed by atoms with Gasteiger partial charge in [0.25, 0.3) is 0 Å². The maximum atomic E-state index is 13.4. The Morgan fingerprint density at radius 2 is 1.77 bits per heavy atom. The third kappa shape index (κ3) is 3.47. The first-order valence-corrected chi connectivity index (χ1v) is 8.64. The highest BCUT2D eigenvalue weighted by Crippen LogP contribution is 2.33. The van der Waals surface area contributed by atoms with E-state index in [1.165, 1.54) is 6.07 Å². The van der Waals surface area contributed by atoms with Crippen molar-refractivity contribution in [1.29, 1.82) is 0 Å². The molecule has 2 aliphatic heterocycles. The second kappa shape index (κ2) is 6.77. The summed E-state index contributed by atoms with van der Waals surface area (Å²) in [4.78, 5) is 11.0. The van der Waals surface area contributed by atoms with Crippen molar-refractivity contribution in [2.75, 3.05) is 36.5 Å². The Balaban J connectivity index is 1.50. The predicted molar refractivity (Wildman–Crippen MR) is 92.5 cm³/mol. The number of rotatable bonds is 3. The number of halogens is 2. The molecular weight excluding hydrogens is 342 g/mol. The minimum Gasteiger partial charge on any atom is -0.356 e. The highest BCUT2D eigenvalue weighted by molar-refractivity contribution is 5.56. The average Bonchev–Trinajstić information content (AvgIpc) is 3.06. The second-order valence-corrected chi connectivity index (χ2v) is 6.54. The van der Waals surface area contributed by atoms with Gasteiger partial charge in [-0.25, -0.2) is 13.8 Å². The van der Waals surface area contributed by atoms with Crippen molar-refractivity contribution in [2.45, 2.75) is 25.6 Å². The lowest BCUT2D eigenvalue weighted by molar-refractivity contribution is -0.169. The van der Waals surface area contributed by atoms with E-state index < -0.39 is 17.4 Å². The van der Waals surface area contributed by atoms with Gasteiger partial charge in [-0.1, -0.05) is 0 Å². The van der Waals surface area contributed by atoms with Crippen LogP contribution in [0.5, 0.6) is 0 Å². The zero-order valence-corrected chi connectivity index (χ0v) is 14.5. The van der Waals surface area contributed by atoms with E-state index >= 15 is 0 Å². The van der Waals surface area contributed by atoms with E-state index in [0.29, 0.717) is 24.8 Å². The summed E-state index contributed by atoms with van der Waals surface area (Å²) in [6.07, 6.45) is 1.56. The molecule has 1 aromatic carbocycles. The molecule has 0 amide bonds. The number of hydrogen-bond donors (Lipinski definition) is 1. The number of aryl methyl sites for hydroxylation is 1. The number of benzene rings is 1. The summed E-state index contributed by atoms with van der Waals surface area (Å²) in [5.74, 6) is -1.11. The van der Waals surface area contributed by atoms with Gasteiger partial charge in [0.2, 0.25) is 5.95 Å². The zero-order chi connectivity index (χ0) is 18.1. The summed E-state index contributed by atoms with van der Waals surface area (Å²) in [6.45, 7) is 4.70. The van der Waals surface area contributed by atoms with Crippen molar-refractivity contribution >= 4 is 17.5 Å². The van der Waals surface area contributed by atoms with E-state index in [2.05, 4.69) is 20.2 Å². The van der Waals surface area contributed by atoms with Gasteiger partial charge in [0.1, 0.15) is 5.82 Å². The molecule has 6 nitrogen and oxygen atoms in total. The zero-order valence-electron chi connectivity index (χ0n) is 14.5. The molecule has 26 heavy (non-hydrogen) atoms. The molecule has 0 unspecified atom stereocenters. The third-order valence-electron chi connectivity index (χ3n) is 4.68. The fourth-order valence-electron chi connectivity index (χ4n) is 3.34. The minimum atomic E-state index is -0.916. The summed E-state index contributed by atoms with van der Waals surface area (Å²) < 4.78 is 38.0. The average molecular weight is 362 g/mol. The van der Waals surface area contributed by atoms with Crippen LogP contribution in [-0.2, 0) is 9.47 Å². The molecule has 138 valence electrons. The van der Waals surface area contributed by atoms with Crippen LogP contribution in [-0.4, -0.2) is 42.1 Å². The smallest absolute Gasteiger partial charge is 0.229 e. The lowest BCUT2D eigenvalue weighted by Gasteiger charge is -2.38. The van der Waals surface area contributed by atoms with Crippen LogP contribution in [0.2, 0.25) is 0 Å². The van der Waals surface area contributed by atoms with Crippen LogP contribution in [0, 0.1) is 18.6 Å². The normalized spacial score (nSPS) is 19.1. The molecule has 2 aromatic rings. The van der Waals surface area contributed by atoms with Gasteiger partial charge in [-0.2, -0.15) is 4.98 Å². The van der Waals surface area contributed by atoms with E-state index in [1.807, 2.05) is 13.0 Å². The molecule has 0 bridgehead atoms. The number of nitrogens with one attached hydrogen (secondary N) is 1. The van der Waals surface area contributed by atoms with Crippen LogP contribution in [0.4, 0.5) is 26.2 Å². The molecule has 0 saturated carbocycles. The third-order valence-corrected chi connectivity index (χ3v) is 4.68. The standard InChI is InChI=1S/C18H20F2N4O2/c1-12-10-16(24-6-4-18(5-7-24)25-8-9-26-18)23-17(21-12)22-13-2-3-14(19)15(20)11-13/h2-3,10-11H,4-9H2,1H3,(H,21,22,23). The Kier molecular flexibility index (Phi) is 4.46. The summed E-state index contributed by atoms with van der Waals surface area (Å²) in [7, 11) is 0. The number of anilines is 3. The van der Waals surface area contributed by atoms with Crippen LogP contribution in [0.3, 0.4) is 0 Å². The summed E-state index contributed by atoms with van der Waals surface area (Å²) in [5, 5.41) is 2.94. The molecule has 1 aromatic heterocycles. The van der Waals surface area contributed by atoms with Crippen LogP contribution in [0.25, 0.3) is 0 Å². The topological polar surface area (TPSA) is 59.5 Å². The van der Waals surface area contributed by atoms with Gasteiger partial charge in [0.05, 0.1) is 13.2 Å². The molecule has 4 rings (SSSR count). The van der Waals surface area contributed by atoms with E-state index in [4.69, 9.17) is 9.47 Å². The van der Waals surface area contributed by atoms with E-state index in [9.17, 15) is 8.78 Å². The molecule has 1 N–H and O–H groups in total. The van der Waals surface area contributed by atoms with Gasteiger partial charge >= 0.3 is 0 Å². The molecular formula is C18H20F2N4O2. The Morgan fingerprint density at radius 3 is 2.46 bits per heavy atom. The first kappa shape index (κ1) is 17.1. The maximum absolute atomic E-state index is 13.4. The Hall–Kier alpha value is -2.32. The van der Waals surface area contributed by atoms with Crippen molar-refractivity contribution < 1.29 is 18.3 Å². The van der Waals surface area contributed by atoms with Crippen LogP contribution in [0.1, 0.15) is 18.5 Å². The van der Waals surface area contributed by atoms with E-state index in [0.717, 1.165) is 49.6 Å². The first-order valence-electron chi connectivity index (χ1n) is 8.64. The molecule has 2 fully saturated rings. The first-order chi connectivity index (χ1) is 12.5. The lowest BCUT2D eigenvalue weighted by atomic mass is 10.0. The van der Waals surface area contributed by atoms with Crippen molar-refractivity contribution in [3.05, 3.63) is 41.6 Å². The van der Waals surface area contributed by atoms with Gasteiger partial charge in [-0.05, 0) is 19.1 Å². The second-order valence-electron chi connectivity index (χ2n) is 6.54. The molecule has 2 aliphatic rings. The fraction of sp³-hybridized carbons (Fsp3) is 0.444. The highest BCUT2D eigenvalue weighted by atomic mass is 19.2. The number of piperidine rings is 1. The van der Waals surface area contributed by atoms with Crippen molar-refractivity contribution in [3.63, 3.8) is 0 Å². The Bertz CT molecular complexity index is 802. The van der Waals surface area contributed by atoms with Crippen LogP contribution < -0.4 is 10.2 Å². The molecule has 0 aliphatic carbocycles. The summed E-state index contributed by atoms with van der Waals surface area (Å²) >= 11 is 0. The van der Waals surface area contributed by atoms with Crippen molar-refractivity contribution in [3.8, 4) is 0 Å². The van der Waals surface area contributed by atoms with Crippen LogP contribution in [0.15, 0.2) is 24.3 Å². The lowest BCUT2D eigenvalue weighted by Crippen LogP contribution is -2.45. The van der Waals surface area contributed by atoms with E-state index in [1.54, 1.807) is 0 Å². The summed E-state index contributed by atoms with van der Waals surface area (Å²) in [6, 6.07) is 5.51. The molecule has 1 spiro atoms. The van der Waals surface area contributed by atoms with Gasteiger partial charge in [-0.15, -0.1) is 0 Å². The van der Waals surface area contributed by atoms with Crippen molar-refractivity contribution in [2.24, 2.45) is 0 Å². The SMILES string of the molecule is Cc1cc(N2CCC3(CC2)OCCO3)nc(Nc2ccc(F)c(F)c2)n1. The van der Waals surface area contributed by atoms with Gasteiger partial charge in [0, 0.05) is 49.4 Å². The van der Waals surface area contributed by atoms with Gasteiger partial charge < -0.3 is 19.7 Å². The molecule has 0 atom stereocenters. The molecule has 2 saturated heterocycles. The quantitative estimate of drug-likeness (QED) is 0.905. The van der Waals surface area contributed by atoms with Crippen LogP contribution >= 0.6 is 0 Å². The van der Waals surface area contributed by atoms with Crippen molar-refractivity contribution in [1.82, 2.24) is 9.97 Å². The fourth-order valence-corrected chi connectivity index (χ4v) is 3.34. The number of ether oxygens (including phenoxy) is 2. The largest absolute Gasteiger partial charge is 0.356 e. The molecule has 0 radical (unpaired) electrons. The molecule has 8 heteroatoms. The number of nitrogens with zero attached hydrogens (tertiary/aromatic N) is 3. The monoisotopic (exact) mass is 362 g/mol. The predicted octanol–water partition coefficient (Wildman–Crippen LogP) is 3.15. The summed E-state index contributed by atoms with van der Waals surface area (Å²) in [5.41, 5.74) is 1.18. The van der Waals surface area contributed by atoms with Gasteiger partial charge in [0.15, 0.2) is 17.4 Å². The molecule has 3 heterocycles.